The topological polar surface area (TPSA) is 433 Å². The number of urea groups is 1. The number of hydrogen-bond acceptors (Lipinski definition) is 23. The molecule has 0 fully saturated rings. The summed E-state index contributed by atoms with van der Waals surface area (Å²) in [4.78, 5) is 90.1. The Labute approximate surface area is 536 Å². The quantitative estimate of drug-likeness (QED) is 0.0186. The third-order valence-electron chi connectivity index (χ3n) is 10.8. The average Bonchev–Trinajstić information content (AvgIpc) is 1.48. The second-order valence-corrected chi connectivity index (χ2v) is 24.9. The highest BCUT2D eigenvalue weighted by atomic mass is 35.5. The van der Waals surface area contributed by atoms with Crippen molar-refractivity contribution in [1.29, 1.82) is 0 Å². The van der Waals surface area contributed by atoms with E-state index >= 15 is 0 Å². The van der Waals surface area contributed by atoms with Crippen LogP contribution in [0.25, 0.3) is 5.69 Å². The van der Waals surface area contributed by atoms with E-state index in [1.165, 1.54) is 64.3 Å². The lowest BCUT2D eigenvalue weighted by Crippen LogP contribution is -2.47. The van der Waals surface area contributed by atoms with Gasteiger partial charge in [-0.15, -0.1) is 0 Å². The number of amides is 4. The van der Waals surface area contributed by atoms with E-state index in [2.05, 4.69) is 51.0 Å². The SMILES string of the molecule is CC1COc2ccccc2N1C(=O)C(Cl)Cl.CCNc1nc(Cl)nc(NC(C)C)n1.COc1cc(OC)nc(NC(=O)NS(=O)(=O)c2ncccc2C(=O)N(C)C)n1.CP(=O)(O)CCC(N)C(=O)O.Nc1c([N+](=O)[O-])cnn1-c1c(Cl)cc(C(F)(F)F)cc1Cl. The molecule has 0 saturated heterocycles. The molecule has 492 valence electrons. The highest BCUT2D eigenvalue weighted by Crippen LogP contribution is 2.40. The number of carbonyl (C=O) groups is 4. The number of carbonyl (C=O) groups excluding carboxylic acids is 3. The van der Waals surface area contributed by atoms with E-state index in [0.29, 0.717) is 36.4 Å². The molecule has 7 rings (SSSR count). The molecule has 1 aliphatic rings. The van der Waals surface area contributed by atoms with Gasteiger partial charge in [-0.05, 0) is 82.1 Å². The first-order valence-corrected chi connectivity index (χ1v) is 31.2. The van der Waals surface area contributed by atoms with Gasteiger partial charge in [0.15, 0.2) is 17.2 Å². The minimum atomic E-state index is -4.63. The summed E-state index contributed by atoms with van der Waals surface area (Å²) in [5.41, 5.74) is 9.41. The van der Waals surface area contributed by atoms with Gasteiger partial charge < -0.3 is 56.1 Å². The Bertz CT molecular complexity index is 3610. The molecule has 4 amide bonds. The van der Waals surface area contributed by atoms with Gasteiger partial charge in [0.2, 0.25) is 40.7 Å². The van der Waals surface area contributed by atoms with Gasteiger partial charge in [0, 0.05) is 45.7 Å². The number of fused-ring (bicyclic) bond motifs is 1. The number of hydrogen-bond donors (Lipinski definition) is 8. The maximum absolute atomic E-state index is 12.6. The first kappa shape index (κ1) is 76.4. The fourth-order valence-corrected chi connectivity index (χ4v) is 9.54. The molecular weight excluding hydrogens is 1350 g/mol. The van der Waals surface area contributed by atoms with Crippen LogP contribution >= 0.6 is 65.4 Å². The molecule has 10 N–H and O–H groups in total. The fraction of sp³-hybridized carbons (Fsp3) is 0.367. The van der Waals surface area contributed by atoms with Crippen molar-refractivity contribution < 1.29 is 74.5 Å². The maximum Gasteiger partial charge on any atom is 0.416 e. The van der Waals surface area contributed by atoms with E-state index in [4.69, 9.17) is 93.7 Å². The van der Waals surface area contributed by atoms with Crippen LogP contribution in [0.3, 0.4) is 0 Å². The summed E-state index contributed by atoms with van der Waals surface area (Å²) in [6.45, 7) is 10.2. The van der Waals surface area contributed by atoms with Gasteiger partial charge in [-0.25, -0.2) is 19.2 Å². The van der Waals surface area contributed by atoms with Crippen molar-refractivity contribution in [3.63, 3.8) is 0 Å². The van der Waals surface area contributed by atoms with Crippen LogP contribution in [0.15, 0.2) is 72.0 Å². The fourth-order valence-electron chi connectivity index (χ4n) is 6.73. The highest BCUT2D eigenvalue weighted by Gasteiger charge is 2.34. The number of nitrogen functional groups attached to an aromatic ring is 1. The summed E-state index contributed by atoms with van der Waals surface area (Å²) >= 11 is 28.5. The van der Waals surface area contributed by atoms with Crippen LogP contribution in [-0.2, 0) is 30.4 Å². The number of benzene rings is 2. The summed E-state index contributed by atoms with van der Waals surface area (Å²) in [7, 11) is -1.95. The number of carboxylic acid groups (broad SMARTS) is 1. The van der Waals surface area contributed by atoms with E-state index in [-0.39, 0.29) is 74.9 Å². The van der Waals surface area contributed by atoms with E-state index < -0.39 is 79.4 Å². The molecule has 0 saturated carbocycles. The molecular formula is C49H60Cl5F3N17O14PS. The number of halogens is 8. The Morgan fingerprint density at radius 3 is 2.06 bits per heavy atom. The largest absolute Gasteiger partial charge is 0.489 e. The Morgan fingerprint density at radius 1 is 0.967 bits per heavy atom. The van der Waals surface area contributed by atoms with Crippen LogP contribution in [0.2, 0.25) is 15.3 Å². The molecule has 6 aromatic rings. The van der Waals surface area contributed by atoms with E-state index in [1.54, 1.807) is 9.62 Å². The average molecular weight is 1410 g/mol. The van der Waals surface area contributed by atoms with Gasteiger partial charge >= 0.3 is 23.9 Å². The first-order chi connectivity index (χ1) is 41.8. The Hall–Kier alpha value is -7.89. The van der Waals surface area contributed by atoms with Crippen LogP contribution in [0.1, 0.15) is 50.0 Å². The molecule has 3 unspecified atom stereocenters. The number of para-hydroxylation sites is 2. The zero-order valence-electron chi connectivity index (χ0n) is 48.7. The third-order valence-corrected chi connectivity index (χ3v) is 14.2. The van der Waals surface area contributed by atoms with Crippen molar-refractivity contribution in [2.75, 3.05) is 80.9 Å². The first-order valence-electron chi connectivity index (χ1n) is 25.4. The summed E-state index contributed by atoms with van der Waals surface area (Å²) in [5, 5.41) is 29.6. The van der Waals surface area contributed by atoms with Gasteiger partial charge in [0.25, 0.3) is 21.8 Å². The number of anilines is 5. The lowest BCUT2D eigenvalue weighted by Gasteiger charge is -2.35. The number of methoxy groups -OCH3 is 2. The van der Waals surface area contributed by atoms with Crippen molar-refractivity contribution >= 4 is 134 Å². The molecule has 1 aliphatic heterocycles. The van der Waals surface area contributed by atoms with Crippen molar-refractivity contribution in [3.8, 4) is 23.2 Å². The van der Waals surface area contributed by atoms with E-state index in [0.717, 1.165) is 23.1 Å². The summed E-state index contributed by atoms with van der Waals surface area (Å²) in [6.07, 6.45) is -2.60. The molecule has 31 nitrogen and oxygen atoms in total. The molecule has 90 heavy (non-hydrogen) atoms. The summed E-state index contributed by atoms with van der Waals surface area (Å²) in [6, 6.07) is 10.7. The second-order valence-electron chi connectivity index (χ2n) is 18.5. The number of alkyl halides is 5. The van der Waals surface area contributed by atoms with Crippen LogP contribution in [0, 0.1) is 10.1 Å². The maximum atomic E-state index is 12.6. The zero-order valence-corrected chi connectivity index (χ0v) is 54.2. The number of nitrogens with one attached hydrogen (secondary N) is 4. The molecule has 0 bridgehead atoms. The van der Waals surface area contributed by atoms with Crippen molar-refractivity contribution in [3.05, 3.63) is 104 Å². The number of nitro groups is 1. The minimum Gasteiger partial charge on any atom is -0.489 e. The number of carboxylic acids is 1. The van der Waals surface area contributed by atoms with E-state index in [1.807, 2.05) is 52.0 Å². The van der Waals surface area contributed by atoms with Gasteiger partial charge in [-0.1, -0.05) is 58.5 Å². The monoisotopic (exact) mass is 1410 g/mol. The molecule has 3 atom stereocenters. The normalized spacial score (nSPS) is 13.4. The molecule has 4 aromatic heterocycles. The number of aromatic nitrogens is 8. The van der Waals surface area contributed by atoms with Gasteiger partial charge in [0.1, 0.15) is 30.3 Å². The van der Waals surface area contributed by atoms with Crippen LogP contribution < -0.4 is 51.3 Å². The number of aliphatic carboxylic acids is 1. The molecule has 0 spiro atoms. The van der Waals surface area contributed by atoms with Gasteiger partial charge in [0.05, 0.1) is 58.1 Å². The zero-order chi connectivity index (χ0) is 68.2. The number of pyridine rings is 1. The number of rotatable bonds is 17. The van der Waals surface area contributed by atoms with E-state index in [9.17, 15) is 55.4 Å². The number of ether oxygens (including phenoxy) is 3. The molecule has 41 heteroatoms. The standard InChI is InChI=1S/C15H18N6O6S.C11H11Cl2NO2.C10H5Cl2F3N4O2.C8H14ClN5.C5H12NO4P/c1-21(2)13(22)9-6-5-7-16-12(9)28(24,25)20-15(23)19-14-17-10(26-3)8-11(18-14)27-4;1-7-6-16-9-5-3-2-4-8(9)14(7)11(15)10(12)13;11-5-1-4(10(13,14)15)2-6(12)8(5)18-9(16)7(3-17-18)19(20)21;1-4-10-7-12-6(9)13-8(14-7)11-5(2)3;1-11(9,10)3-2-4(6)5(7)8/h5-8H,1-4H3,(H2,17,18,19,20,23);2-5,7,10H,6H2,1H3;1-3H,16H2;5H,4H2,1-3H3,(H2,10,11,12,13,14);4H,2-3,6H2,1H3,(H,7,8)(H,9,10). The number of nitrogens with two attached hydrogens (primary N) is 2. The van der Waals surface area contributed by atoms with Crippen molar-refractivity contribution in [2.24, 2.45) is 5.73 Å². The Balaban J connectivity index is 0.000000305. The smallest absolute Gasteiger partial charge is 0.416 e. The molecule has 5 heterocycles. The van der Waals surface area contributed by atoms with Gasteiger partial charge in [-0.3, -0.25) is 34.4 Å². The third kappa shape index (κ3) is 23.5. The van der Waals surface area contributed by atoms with Crippen molar-refractivity contribution in [2.45, 2.75) is 68.3 Å². The molecule has 0 aliphatic carbocycles. The summed E-state index contributed by atoms with van der Waals surface area (Å²) < 4.78 is 91.5. The predicted octanol–water partition coefficient (Wildman–Crippen LogP) is 7.86. The minimum absolute atomic E-state index is 0.0412. The lowest BCUT2D eigenvalue weighted by atomic mass is 10.1. The van der Waals surface area contributed by atoms with Crippen LogP contribution in [-0.4, -0.2) is 169 Å². The predicted molar refractivity (Wildman–Crippen MR) is 329 cm³/mol. The van der Waals surface area contributed by atoms with Crippen molar-refractivity contribution in [1.82, 2.24) is 49.3 Å². The Kier molecular flexibility index (Phi) is 29.1. The Morgan fingerprint density at radius 2 is 1.56 bits per heavy atom. The highest BCUT2D eigenvalue weighted by molar-refractivity contribution is 7.90. The second kappa shape index (κ2) is 34.3. The summed E-state index contributed by atoms with van der Waals surface area (Å²) in [5.74, 6) is -0.838. The van der Waals surface area contributed by atoms with Gasteiger partial charge in [-0.2, -0.15) is 51.6 Å². The number of sulfonamides is 1. The molecule has 0 radical (unpaired) electrons. The van der Waals surface area contributed by atoms with Crippen LogP contribution in [0.4, 0.5) is 53.0 Å². The van der Waals surface area contributed by atoms with Crippen LogP contribution in [0.5, 0.6) is 17.5 Å². The number of nitrogens with zero attached hydrogens (tertiary/aromatic N) is 11. The molecule has 2 aromatic carbocycles. The lowest BCUT2D eigenvalue weighted by molar-refractivity contribution is -0.383.